The van der Waals surface area contributed by atoms with Crippen LogP contribution in [0, 0.1) is 16.4 Å². The van der Waals surface area contributed by atoms with E-state index in [2.05, 4.69) is 15.2 Å². The Kier molecular flexibility index (Phi) is 2.12. The molecule has 2 aromatic rings. The van der Waals surface area contributed by atoms with Crippen molar-refractivity contribution in [2.24, 2.45) is 0 Å². The molecule has 0 atom stereocenters. The Labute approximate surface area is 82.8 Å². The van der Waals surface area contributed by atoms with E-state index in [0.29, 0.717) is 11.4 Å². The topological polar surface area (TPSA) is 44.5 Å². The molecule has 14 heavy (non-hydrogen) atoms. The molecule has 1 aromatic heterocycles. The van der Waals surface area contributed by atoms with Gasteiger partial charge in [0, 0.05) is 5.56 Å². The van der Waals surface area contributed by atoms with Crippen molar-refractivity contribution in [1.29, 1.82) is 0 Å². The average molecular weight is 213 g/mol. The number of nitrogens with zero attached hydrogens (tertiary/aromatic N) is 1. The van der Waals surface area contributed by atoms with E-state index in [4.69, 9.17) is 12.2 Å². The molecule has 2 N–H and O–H groups in total. The summed E-state index contributed by atoms with van der Waals surface area (Å²) in [5.74, 6) is -1.42. The first-order chi connectivity index (χ1) is 6.66. The third kappa shape index (κ3) is 1.56. The van der Waals surface area contributed by atoms with Crippen LogP contribution in [0.5, 0.6) is 0 Å². The second-order valence-corrected chi connectivity index (χ2v) is 3.03. The van der Waals surface area contributed by atoms with Crippen molar-refractivity contribution in [3.05, 3.63) is 34.6 Å². The van der Waals surface area contributed by atoms with Crippen LogP contribution in [-0.4, -0.2) is 15.2 Å². The number of rotatable bonds is 1. The molecule has 0 radical (unpaired) electrons. The number of hydrogen-bond acceptors (Lipinski definition) is 2. The molecule has 2 rings (SSSR count). The van der Waals surface area contributed by atoms with Crippen molar-refractivity contribution in [3.8, 4) is 11.4 Å². The third-order valence-electron chi connectivity index (χ3n) is 1.69. The first kappa shape index (κ1) is 9.01. The van der Waals surface area contributed by atoms with E-state index in [1.807, 2.05) is 0 Å². The van der Waals surface area contributed by atoms with Gasteiger partial charge in [0.05, 0.1) is 0 Å². The van der Waals surface area contributed by atoms with Crippen molar-refractivity contribution in [3.63, 3.8) is 0 Å². The van der Waals surface area contributed by atoms with Crippen LogP contribution in [0.1, 0.15) is 0 Å². The SMILES string of the molecule is Fc1ccc(-c2nc(=S)[nH][nH]2)cc1F. The van der Waals surface area contributed by atoms with Gasteiger partial charge in [0.15, 0.2) is 17.5 Å². The highest BCUT2D eigenvalue weighted by Crippen LogP contribution is 2.16. The highest BCUT2D eigenvalue weighted by Gasteiger charge is 2.05. The second kappa shape index (κ2) is 3.30. The summed E-state index contributed by atoms with van der Waals surface area (Å²) in [6.45, 7) is 0. The molecule has 0 saturated carbocycles. The van der Waals surface area contributed by atoms with Crippen LogP contribution in [0.2, 0.25) is 0 Å². The lowest BCUT2D eigenvalue weighted by Crippen LogP contribution is -1.86. The average Bonchev–Trinajstić information content (AvgIpc) is 2.57. The molecule has 0 aliphatic carbocycles. The molecule has 0 spiro atoms. The number of benzene rings is 1. The van der Waals surface area contributed by atoms with E-state index in [0.717, 1.165) is 12.1 Å². The van der Waals surface area contributed by atoms with Gasteiger partial charge in [-0.3, -0.25) is 10.2 Å². The van der Waals surface area contributed by atoms with Crippen molar-refractivity contribution >= 4 is 12.2 Å². The Bertz CT molecular complexity index is 517. The van der Waals surface area contributed by atoms with Gasteiger partial charge < -0.3 is 0 Å². The molecule has 3 nitrogen and oxygen atoms in total. The maximum Gasteiger partial charge on any atom is 0.213 e. The predicted molar refractivity (Wildman–Crippen MR) is 49.1 cm³/mol. The normalized spacial score (nSPS) is 10.4. The van der Waals surface area contributed by atoms with Gasteiger partial charge in [-0.2, -0.15) is 4.98 Å². The van der Waals surface area contributed by atoms with Gasteiger partial charge in [-0.05, 0) is 30.4 Å². The number of aromatic amines is 2. The summed E-state index contributed by atoms with van der Waals surface area (Å²) >= 11 is 4.73. The molecule has 1 aromatic carbocycles. The molecule has 0 unspecified atom stereocenters. The lowest BCUT2D eigenvalue weighted by Gasteiger charge is -1.96. The highest BCUT2D eigenvalue weighted by molar-refractivity contribution is 7.71. The molecule has 6 heteroatoms. The van der Waals surface area contributed by atoms with Crippen molar-refractivity contribution in [2.75, 3.05) is 0 Å². The van der Waals surface area contributed by atoms with E-state index in [9.17, 15) is 8.78 Å². The van der Waals surface area contributed by atoms with Crippen LogP contribution in [0.25, 0.3) is 11.4 Å². The van der Waals surface area contributed by atoms with Gasteiger partial charge in [0.1, 0.15) is 0 Å². The molecule has 72 valence electrons. The smallest absolute Gasteiger partial charge is 0.213 e. The van der Waals surface area contributed by atoms with E-state index >= 15 is 0 Å². The molecule has 0 bridgehead atoms. The Morgan fingerprint density at radius 3 is 2.50 bits per heavy atom. The zero-order valence-electron chi connectivity index (χ0n) is 6.84. The second-order valence-electron chi connectivity index (χ2n) is 2.64. The molecule has 1 heterocycles. The van der Waals surface area contributed by atoms with Crippen LogP contribution in [-0.2, 0) is 0 Å². The van der Waals surface area contributed by atoms with Crippen LogP contribution in [0.15, 0.2) is 18.2 Å². The Morgan fingerprint density at radius 1 is 1.14 bits per heavy atom. The highest BCUT2D eigenvalue weighted by atomic mass is 32.1. The summed E-state index contributed by atoms with van der Waals surface area (Å²) in [7, 11) is 0. The van der Waals surface area contributed by atoms with E-state index in [1.165, 1.54) is 6.07 Å². The summed E-state index contributed by atoms with van der Waals surface area (Å²) in [6, 6.07) is 3.51. The fraction of sp³-hybridized carbons (Fsp3) is 0. The summed E-state index contributed by atoms with van der Waals surface area (Å²) in [5, 5.41) is 5.20. The number of H-pyrrole nitrogens is 2. The van der Waals surface area contributed by atoms with Crippen LogP contribution in [0.3, 0.4) is 0 Å². The first-order valence-corrected chi connectivity index (χ1v) is 4.18. The monoisotopic (exact) mass is 213 g/mol. The maximum absolute atomic E-state index is 12.8. The molecule has 0 aliphatic rings. The van der Waals surface area contributed by atoms with E-state index < -0.39 is 11.6 Å². The Hall–Kier alpha value is -1.56. The maximum atomic E-state index is 12.8. The predicted octanol–water partition coefficient (Wildman–Crippen LogP) is 2.41. The molecular formula is C8H5F2N3S. The van der Waals surface area contributed by atoms with Gasteiger partial charge in [0.25, 0.3) is 0 Å². The first-order valence-electron chi connectivity index (χ1n) is 3.77. The Morgan fingerprint density at radius 2 is 1.93 bits per heavy atom. The summed E-state index contributed by atoms with van der Waals surface area (Å²) < 4.78 is 25.7. The fourth-order valence-electron chi connectivity index (χ4n) is 1.05. The molecule has 0 amide bonds. The minimum absolute atomic E-state index is 0.268. The molecule has 0 saturated heterocycles. The van der Waals surface area contributed by atoms with Gasteiger partial charge >= 0.3 is 0 Å². The fourth-order valence-corrected chi connectivity index (χ4v) is 1.19. The summed E-state index contributed by atoms with van der Waals surface area (Å²) in [6.07, 6.45) is 0. The van der Waals surface area contributed by atoms with Crippen LogP contribution < -0.4 is 0 Å². The number of nitrogens with one attached hydrogen (secondary N) is 2. The van der Waals surface area contributed by atoms with E-state index in [1.54, 1.807) is 0 Å². The number of hydrogen-bond donors (Lipinski definition) is 2. The lowest BCUT2D eigenvalue weighted by atomic mass is 10.2. The van der Waals surface area contributed by atoms with Gasteiger partial charge in [-0.1, -0.05) is 0 Å². The zero-order chi connectivity index (χ0) is 10.1. The third-order valence-corrected chi connectivity index (χ3v) is 1.89. The van der Waals surface area contributed by atoms with Gasteiger partial charge in [-0.25, -0.2) is 8.78 Å². The summed E-state index contributed by atoms with van der Waals surface area (Å²) in [4.78, 5) is 3.87. The van der Waals surface area contributed by atoms with Crippen molar-refractivity contribution in [1.82, 2.24) is 15.2 Å². The van der Waals surface area contributed by atoms with Crippen LogP contribution >= 0.6 is 12.2 Å². The Balaban J connectivity index is 2.52. The quantitative estimate of drug-likeness (QED) is 0.714. The van der Waals surface area contributed by atoms with Crippen LogP contribution in [0.4, 0.5) is 8.78 Å². The van der Waals surface area contributed by atoms with E-state index in [-0.39, 0.29) is 4.77 Å². The van der Waals surface area contributed by atoms with Gasteiger partial charge in [0.2, 0.25) is 4.77 Å². The minimum Gasteiger partial charge on any atom is -0.282 e. The lowest BCUT2D eigenvalue weighted by molar-refractivity contribution is 0.509. The number of halogens is 2. The summed E-state index contributed by atoms with van der Waals surface area (Å²) in [5.41, 5.74) is 0.441. The molecule has 0 fully saturated rings. The van der Waals surface area contributed by atoms with Gasteiger partial charge in [-0.15, -0.1) is 0 Å². The zero-order valence-corrected chi connectivity index (χ0v) is 7.66. The molecular weight excluding hydrogens is 208 g/mol. The standard InChI is InChI=1S/C8H5F2N3S/c9-5-2-1-4(3-6(5)10)7-11-8(14)13-12-7/h1-3H,(H2,11,12,13,14). The van der Waals surface area contributed by atoms with Crippen molar-refractivity contribution in [2.45, 2.75) is 0 Å². The molecule has 0 aliphatic heterocycles. The van der Waals surface area contributed by atoms with Crippen molar-refractivity contribution < 1.29 is 8.78 Å². The minimum atomic E-state index is -0.912. The number of aromatic nitrogens is 3. The largest absolute Gasteiger partial charge is 0.282 e.